The van der Waals surface area contributed by atoms with E-state index in [1.165, 1.54) is 18.9 Å². The number of nitrogens with zero attached hydrogens (tertiary/aromatic N) is 1. The van der Waals surface area contributed by atoms with Crippen LogP contribution in [-0.2, 0) is 10.0 Å². The van der Waals surface area contributed by atoms with Gasteiger partial charge >= 0.3 is 0 Å². The van der Waals surface area contributed by atoms with E-state index in [9.17, 15) is 17.6 Å². The molecule has 1 aromatic rings. The van der Waals surface area contributed by atoms with E-state index in [-0.39, 0.29) is 21.9 Å². The smallest absolute Gasteiger partial charge is 0.256 e. The maximum absolute atomic E-state index is 13.9. The van der Waals surface area contributed by atoms with Gasteiger partial charge in [-0.15, -0.1) is 0 Å². The molecule has 112 valence electrons. The normalized spacial score (nSPS) is 11.8. The fourth-order valence-electron chi connectivity index (χ4n) is 1.96. The van der Waals surface area contributed by atoms with Crippen molar-refractivity contribution in [2.45, 2.75) is 25.7 Å². The molecule has 0 aliphatic carbocycles. The number of primary sulfonamides is 1. The summed E-state index contributed by atoms with van der Waals surface area (Å²) in [6, 6.07) is 2.01. The van der Waals surface area contributed by atoms with Crippen molar-refractivity contribution in [2.24, 2.45) is 11.1 Å². The number of rotatable bonds is 4. The summed E-state index contributed by atoms with van der Waals surface area (Å²) in [6.45, 7) is 5.71. The molecule has 0 aliphatic rings. The molecule has 20 heavy (non-hydrogen) atoms. The summed E-state index contributed by atoms with van der Waals surface area (Å²) in [5.41, 5.74) is -0.115. The summed E-state index contributed by atoms with van der Waals surface area (Å²) < 4.78 is 36.7. The molecule has 1 rings (SSSR count). The lowest BCUT2D eigenvalue weighted by Crippen LogP contribution is -2.31. The fraction of sp³-hybridized carbons (Fsp3) is 0.462. The Bertz CT molecular complexity index is 627. The van der Waals surface area contributed by atoms with E-state index in [0.29, 0.717) is 6.54 Å². The average Bonchev–Trinajstić information content (AvgIpc) is 2.25. The minimum atomic E-state index is -3.99. The minimum Gasteiger partial charge on any atom is -0.341 e. The first kappa shape index (κ1) is 16.6. The first-order chi connectivity index (χ1) is 9.04. The highest BCUT2D eigenvalue weighted by Crippen LogP contribution is 2.20. The second-order valence-corrected chi connectivity index (χ2v) is 6.75. The molecule has 0 saturated carbocycles. The monoisotopic (exact) mass is 302 g/mol. The van der Waals surface area contributed by atoms with Gasteiger partial charge in [0.1, 0.15) is 5.82 Å². The Morgan fingerprint density at radius 3 is 2.40 bits per heavy atom. The lowest BCUT2D eigenvalue weighted by Gasteiger charge is -2.20. The molecule has 0 unspecified atom stereocenters. The number of sulfonamides is 1. The van der Waals surface area contributed by atoms with Gasteiger partial charge in [0, 0.05) is 13.6 Å². The van der Waals surface area contributed by atoms with Gasteiger partial charge in [-0.05, 0) is 30.5 Å². The third-order valence-corrected chi connectivity index (χ3v) is 3.84. The van der Waals surface area contributed by atoms with Gasteiger partial charge in [0.2, 0.25) is 10.0 Å². The lowest BCUT2D eigenvalue weighted by molar-refractivity contribution is 0.0774. The number of halogens is 1. The average molecular weight is 302 g/mol. The number of hydrogen-bond donors (Lipinski definition) is 1. The van der Waals surface area contributed by atoms with Gasteiger partial charge in [0.05, 0.1) is 10.5 Å². The van der Waals surface area contributed by atoms with Gasteiger partial charge in [-0.3, -0.25) is 4.79 Å². The Labute approximate surface area is 118 Å². The maximum Gasteiger partial charge on any atom is 0.256 e. The van der Waals surface area contributed by atoms with Crippen LogP contribution in [0.4, 0.5) is 4.39 Å². The van der Waals surface area contributed by atoms with E-state index in [1.807, 2.05) is 13.8 Å². The standard InChI is InChI=1S/C13H19FN2O3S/c1-8(2)7-16(4)13(17)10-6-12(20(15,18)19)9(3)5-11(10)14/h5-6,8H,7H2,1-4H3,(H2,15,18,19). The number of nitrogens with two attached hydrogens (primary N) is 1. The van der Waals surface area contributed by atoms with Crippen molar-refractivity contribution in [2.75, 3.05) is 13.6 Å². The zero-order valence-corrected chi connectivity index (χ0v) is 12.8. The molecule has 0 aromatic heterocycles. The first-order valence-electron chi connectivity index (χ1n) is 6.12. The molecule has 7 heteroatoms. The van der Waals surface area contributed by atoms with Gasteiger partial charge < -0.3 is 4.90 Å². The molecular weight excluding hydrogens is 283 g/mol. The molecule has 0 bridgehead atoms. The third kappa shape index (κ3) is 3.77. The number of carbonyl (C=O) groups excluding carboxylic acids is 1. The van der Waals surface area contributed by atoms with E-state index in [1.54, 1.807) is 0 Å². The molecule has 1 aromatic carbocycles. The van der Waals surface area contributed by atoms with Crippen LogP contribution in [0.5, 0.6) is 0 Å². The summed E-state index contributed by atoms with van der Waals surface area (Å²) in [5, 5.41) is 5.06. The number of aryl methyl sites for hydroxylation is 1. The topological polar surface area (TPSA) is 80.5 Å². The van der Waals surface area contributed by atoms with Crippen LogP contribution in [0.25, 0.3) is 0 Å². The Balaban J connectivity index is 3.29. The molecule has 0 aliphatic heterocycles. The molecule has 2 N–H and O–H groups in total. The quantitative estimate of drug-likeness (QED) is 0.915. The lowest BCUT2D eigenvalue weighted by atomic mass is 10.1. The fourth-order valence-corrected chi connectivity index (χ4v) is 2.75. The van der Waals surface area contributed by atoms with Crippen LogP contribution in [0.15, 0.2) is 17.0 Å². The number of benzene rings is 1. The molecule has 5 nitrogen and oxygen atoms in total. The van der Waals surface area contributed by atoms with Gasteiger partial charge in [-0.2, -0.15) is 0 Å². The van der Waals surface area contributed by atoms with E-state index in [2.05, 4.69) is 0 Å². The number of amides is 1. The summed E-state index contributed by atoms with van der Waals surface area (Å²) in [5.74, 6) is -1.10. The van der Waals surface area contributed by atoms with Crippen molar-refractivity contribution in [3.8, 4) is 0 Å². The van der Waals surface area contributed by atoms with Crippen molar-refractivity contribution in [3.63, 3.8) is 0 Å². The van der Waals surface area contributed by atoms with Gasteiger partial charge in [-0.1, -0.05) is 13.8 Å². The van der Waals surface area contributed by atoms with Gasteiger partial charge in [0.15, 0.2) is 0 Å². The molecule has 0 radical (unpaired) electrons. The van der Waals surface area contributed by atoms with Crippen molar-refractivity contribution < 1.29 is 17.6 Å². The Morgan fingerprint density at radius 2 is 1.95 bits per heavy atom. The van der Waals surface area contributed by atoms with Crippen LogP contribution < -0.4 is 5.14 Å². The van der Waals surface area contributed by atoms with E-state index >= 15 is 0 Å². The first-order valence-corrected chi connectivity index (χ1v) is 7.67. The third-order valence-electron chi connectivity index (χ3n) is 2.79. The largest absolute Gasteiger partial charge is 0.341 e. The molecule has 0 atom stereocenters. The Hall–Kier alpha value is -1.47. The highest BCUT2D eigenvalue weighted by molar-refractivity contribution is 7.89. The summed E-state index contributed by atoms with van der Waals surface area (Å²) >= 11 is 0. The van der Waals surface area contributed by atoms with E-state index in [4.69, 9.17) is 5.14 Å². The van der Waals surface area contributed by atoms with Crippen molar-refractivity contribution in [1.82, 2.24) is 4.90 Å². The number of hydrogen-bond acceptors (Lipinski definition) is 3. The molecule has 0 saturated heterocycles. The Kier molecular flexibility index (Phi) is 4.88. The highest BCUT2D eigenvalue weighted by Gasteiger charge is 2.22. The zero-order chi connectivity index (χ0) is 15.7. The molecule has 0 fully saturated rings. The van der Waals surface area contributed by atoms with Crippen molar-refractivity contribution >= 4 is 15.9 Å². The molecule has 1 amide bonds. The minimum absolute atomic E-state index is 0.174. The summed E-state index contributed by atoms with van der Waals surface area (Å²) in [6.07, 6.45) is 0. The molecule has 0 spiro atoms. The van der Waals surface area contributed by atoms with Crippen LogP contribution in [0, 0.1) is 18.7 Å². The second kappa shape index (κ2) is 5.88. The van der Waals surface area contributed by atoms with Crippen LogP contribution >= 0.6 is 0 Å². The van der Waals surface area contributed by atoms with Crippen LogP contribution in [-0.4, -0.2) is 32.8 Å². The van der Waals surface area contributed by atoms with Crippen molar-refractivity contribution in [1.29, 1.82) is 0 Å². The van der Waals surface area contributed by atoms with E-state index in [0.717, 1.165) is 12.1 Å². The van der Waals surface area contributed by atoms with Crippen LogP contribution in [0.3, 0.4) is 0 Å². The van der Waals surface area contributed by atoms with Crippen LogP contribution in [0.1, 0.15) is 29.8 Å². The predicted molar refractivity (Wildman–Crippen MR) is 74.3 cm³/mol. The van der Waals surface area contributed by atoms with Gasteiger partial charge in [0.25, 0.3) is 5.91 Å². The second-order valence-electron chi connectivity index (χ2n) is 5.22. The maximum atomic E-state index is 13.9. The zero-order valence-electron chi connectivity index (χ0n) is 12.0. The number of carbonyl (C=O) groups is 1. The Morgan fingerprint density at radius 1 is 1.40 bits per heavy atom. The van der Waals surface area contributed by atoms with E-state index < -0.39 is 21.7 Å². The van der Waals surface area contributed by atoms with Gasteiger partial charge in [-0.25, -0.2) is 17.9 Å². The molecular formula is C13H19FN2O3S. The summed E-state index contributed by atoms with van der Waals surface area (Å²) in [4.78, 5) is 13.3. The molecule has 0 heterocycles. The van der Waals surface area contributed by atoms with Crippen molar-refractivity contribution in [3.05, 3.63) is 29.1 Å². The highest BCUT2D eigenvalue weighted by atomic mass is 32.2. The SMILES string of the molecule is Cc1cc(F)c(C(=O)N(C)CC(C)C)cc1S(N)(=O)=O. The van der Waals surface area contributed by atoms with Crippen LogP contribution in [0.2, 0.25) is 0 Å². The predicted octanol–water partition coefficient (Wildman–Crippen LogP) is 1.51. The summed E-state index contributed by atoms with van der Waals surface area (Å²) in [7, 11) is -2.45.